The second kappa shape index (κ2) is 7.17. The largest absolute Gasteiger partial charge is 0.354 e. The fraction of sp³-hybridized carbons (Fsp3) is 0.211. The zero-order valence-corrected chi connectivity index (χ0v) is 14.4. The van der Waals surface area contributed by atoms with Crippen LogP contribution in [-0.2, 0) is 0 Å². The number of halogens is 1. The molecule has 1 aliphatic heterocycles. The van der Waals surface area contributed by atoms with Crippen molar-refractivity contribution in [3.8, 4) is 22.6 Å². The Bertz CT molecular complexity index is 845. The van der Waals surface area contributed by atoms with Crippen LogP contribution in [0.3, 0.4) is 0 Å². The van der Waals surface area contributed by atoms with Crippen LogP contribution in [0.5, 0.6) is 0 Å². The summed E-state index contributed by atoms with van der Waals surface area (Å²) in [6.07, 6.45) is 3.55. The van der Waals surface area contributed by atoms with Gasteiger partial charge in [0.25, 0.3) is 0 Å². The fourth-order valence-electron chi connectivity index (χ4n) is 2.88. The third-order valence-corrected chi connectivity index (χ3v) is 4.47. The maximum Gasteiger partial charge on any atom is 0.163 e. The molecule has 4 rings (SSSR count). The Hall–Kier alpha value is -2.50. The minimum absolute atomic E-state index is 0.689. The Morgan fingerprint density at radius 3 is 2.48 bits per heavy atom. The Morgan fingerprint density at radius 1 is 0.960 bits per heavy atom. The van der Waals surface area contributed by atoms with E-state index in [-0.39, 0.29) is 0 Å². The number of rotatable bonds is 3. The number of aromatic nitrogens is 3. The molecule has 1 fully saturated rings. The summed E-state index contributed by atoms with van der Waals surface area (Å²) in [6, 6.07) is 13.7. The molecule has 25 heavy (non-hydrogen) atoms. The first kappa shape index (κ1) is 16.0. The van der Waals surface area contributed by atoms with Gasteiger partial charge in [0.05, 0.1) is 5.69 Å². The summed E-state index contributed by atoms with van der Waals surface area (Å²) in [6.45, 7) is 3.79. The van der Waals surface area contributed by atoms with Crippen molar-refractivity contribution < 1.29 is 0 Å². The van der Waals surface area contributed by atoms with Gasteiger partial charge in [0.15, 0.2) is 5.82 Å². The van der Waals surface area contributed by atoms with Gasteiger partial charge in [0.2, 0.25) is 0 Å². The third-order valence-electron chi connectivity index (χ3n) is 4.21. The predicted octanol–water partition coefficient (Wildman–Crippen LogP) is 3.27. The van der Waals surface area contributed by atoms with Crippen LogP contribution in [0.25, 0.3) is 22.6 Å². The van der Waals surface area contributed by atoms with Crippen molar-refractivity contribution in [3.05, 3.63) is 59.9 Å². The summed E-state index contributed by atoms with van der Waals surface area (Å²) in [5.74, 6) is 1.63. The monoisotopic (exact) mass is 351 g/mol. The summed E-state index contributed by atoms with van der Waals surface area (Å²) in [5.41, 5.74) is 2.82. The summed E-state index contributed by atoms with van der Waals surface area (Å²) < 4.78 is 0. The second-order valence-electron chi connectivity index (χ2n) is 5.92. The smallest absolute Gasteiger partial charge is 0.163 e. The molecule has 1 aliphatic rings. The van der Waals surface area contributed by atoms with Gasteiger partial charge in [-0.2, -0.15) is 0 Å². The van der Waals surface area contributed by atoms with Crippen LogP contribution in [0.4, 0.5) is 5.82 Å². The van der Waals surface area contributed by atoms with E-state index in [1.807, 2.05) is 36.4 Å². The maximum absolute atomic E-state index is 6.02. The van der Waals surface area contributed by atoms with Crippen LogP contribution in [0.2, 0.25) is 5.02 Å². The van der Waals surface area contributed by atoms with Gasteiger partial charge in [-0.1, -0.05) is 23.7 Å². The number of benzene rings is 1. The molecular formula is C19H18ClN5. The summed E-state index contributed by atoms with van der Waals surface area (Å²) >= 11 is 6.02. The zero-order chi connectivity index (χ0) is 17.1. The van der Waals surface area contributed by atoms with Crippen LogP contribution in [0.15, 0.2) is 54.9 Å². The van der Waals surface area contributed by atoms with Gasteiger partial charge >= 0.3 is 0 Å². The van der Waals surface area contributed by atoms with E-state index in [2.05, 4.69) is 21.3 Å². The lowest BCUT2D eigenvalue weighted by Gasteiger charge is -2.28. The van der Waals surface area contributed by atoms with Gasteiger partial charge in [-0.3, -0.25) is 4.98 Å². The molecule has 0 unspecified atom stereocenters. The molecule has 126 valence electrons. The van der Waals surface area contributed by atoms with Crippen LogP contribution in [0.1, 0.15) is 0 Å². The van der Waals surface area contributed by atoms with Gasteiger partial charge in [-0.25, -0.2) is 9.97 Å². The lowest BCUT2D eigenvalue weighted by molar-refractivity contribution is 0.585. The average molecular weight is 352 g/mol. The molecule has 0 atom stereocenters. The van der Waals surface area contributed by atoms with E-state index in [9.17, 15) is 0 Å². The quantitative estimate of drug-likeness (QED) is 0.785. The molecule has 3 heterocycles. The van der Waals surface area contributed by atoms with E-state index in [4.69, 9.17) is 21.6 Å². The minimum atomic E-state index is 0.689. The zero-order valence-electron chi connectivity index (χ0n) is 13.7. The molecule has 0 saturated carbocycles. The van der Waals surface area contributed by atoms with Crippen molar-refractivity contribution in [1.82, 2.24) is 20.3 Å². The first-order valence-corrected chi connectivity index (χ1v) is 8.68. The van der Waals surface area contributed by atoms with E-state index >= 15 is 0 Å². The summed E-state index contributed by atoms with van der Waals surface area (Å²) in [7, 11) is 0. The number of nitrogens with zero attached hydrogens (tertiary/aromatic N) is 4. The van der Waals surface area contributed by atoms with E-state index in [1.165, 1.54) is 0 Å². The first-order chi connectivity index (χ1) is 12.3. The van der Waals surface area contributed by atoms with Crippen LogP contribution in [-0.4, -0.2) is 41.1 Å². The molecule has 1 N–H and O–H groups in total. The van der Waals surface area contributed by atoms with Gasteiger partial charge in [0, 0.05) is 60.8 Å². The topological polar surface area (TPSA) is 53.9 Å². The lowest BCUT2D eigenvalue weighted by Crippen LogP contribution is -2.44. The van der Waals surface area contributed by atoms with Crippen molar-refractivity contribution >= 4 is 17.4 Å². The molecule has 0 spiro atoms. The molecule has 1 saturated heterocycles. The molecule has 6 heteroatoms. The van der Waals surface area contributed by atoms with E-state index in [1.54, 1.807) is 12.4 Å². The Labute approximate surface area is 151 Å². The van der Waals surface area contributed by atoms with Crippen LogP contribution >= 0.6 is 11.6 Å². The van der Waals surface area contributed by atoms with Crippen molar-refractivity contribution in [1.29, 1.82) is 0 Å². The van der Waals surface area contributed by atoms with E-state index < -0.39 is 0 Å². The Kier molecular flexibility index (Phi) is 4.59. The van der Waals surface area contributed by atoms with Crippen molar-refractivity contribution in [2.45, 2.75) is 0 Å². The molecule has 0 radical (unpaired) electrons. The number of nitrogens with one attached hydrogen (secondary N) is 1. The highest BCUT2D eigenvalue weighted by molar-refractivity contribution is 6.30. The van der Waals surface area contributed by atoms with E-state index in [0.29, 0.717) is 10.8 Å². The molecule has 0 aliphatic carbocycles. The third kappa shape index (κ3) is 3.62. The van der Waals surface area contributed by atoms with Crippen molar-refractivity contribution in [3.63, 3.8) is 0 Å². The fourth-order valence-corrected chi connectivity index (χ4v) is 3.01. The lowest BCUT2D eigenvalue weighted by atomic mass is 10.1. The number of anilines is 1. The second-order valence-corrected chi connectivity index (χ2v) is 6.36. The number of hydrogen-bond donors (Lipinski definition) is 1. The van der Waals surface area contributed by atoms with Crippen molar-refractivity contribution in [2.75, 3.05) is 31.1 Å². The van der Waals surface area contributed by atoms with Gasteiger partial charge in [-0.15, -0.1) is 0 Å². The number of piperazine rings is 1. The molecule has 5 nitrogen and oxygen atoms in total. The highest BCUT2D eigenvalue weighted by atomic mass is 35.5. The summed E-state index contributed by atoms with van der Waals surface area (Å²) in [4.78, 5) is 16.0. The normalized spacial score (nSPS) is 14.5. The van der Waals surface area contributed by atoms with Gasteiger partial charge < -0.3 is 10.2 Å². The van der Waals surface area contributed by atoms with Gasteiger partial charge in [0.1, 0.15) is 5.82 Å². The highest BCUT2D eigenvalue weighted by Gasteiger charge is 2.16. The SMILES string of the molecule is Clc1ccc(-c2cc(N3CCNCC3)nc(-c3cccnc3)n2)cc1. The Morgan fingerprint density at radius 2 is 1.76 bits per heavy atom. The highest BCUT2D eigenvalue weighted by Crippen LogP contribution is 2.27. The molecule has 0 amide bonds. The molecule has 2 aromatic heterocycles. The molecular weight excluding hydrogens is 334 g/mol. The first-order valence-electron chi connectivity index (χ1n) is 8.31. The molecule has 3 aromatic rings. The van der Waals surface area contributed by atoms with Gasteiger partial charge in [-0.05, 0) is 24.3 Å². The minimum Gasteiger partial charge on any atom is -0.354 e. The number of pyridine rings is 1. The predicted molar refractivity (Wildman–Crippen MR) is 101 cm³/mol. The Balaban J connectivity index is 1.81. The maximum atomic E-state index is 6.02. The molecule has 0 bridgehead atoms. The van der Waals surface area contributed by atoms with Crippen LogP contribution in [0, 0.1) is 0 Å². The van der Waals surface area contributed by atoms with Crippen LogP contribution < -0.4 is 10.2 Å². The average Bonchev–Trinajstić information content (AvgIpc) is 2.69. The molecule has 1 aromatic carbocycles. The standard InChI is InChI=1S/C19H18ClN5/c20-16-5-3-14(4-6-16)17-12-18(25-10-8-21-9-11-25)24-19(23-17)15-2-1-7-22-13-15/h1-7,12-13,21H,8-11H2. The number of hydrogen-bond acceptors (Lipinski definition) is 5. The van der Waals surface area contributed by atoms with E-state index in [0.717, 1.165) is 48.8 Å². The van der Waals surface area contributed by atoms with Crippen molar-refractivity contribution in [2.24, 2.45) is 0 Å². The summed E-state index contributed by atoms with van der Waals surface area (Å²) in [5, 5.41) is 4.09.